The Morgan fingerprint density at radius 3 is 2.62 bits per heavy atom. The van der Waals surface area contributed by atoms with Crippen molar-refractivity contribution in [2.24, 2.45) is 5.16 Å². The zero-order valence-corrected chi connectivity index (χ0v) is 8.98. The molecule has 1 aromatic rings. The van der Waals surface area contributed by atoms with Crippen molar-refractivity contribution in [3.63, 3.8) is 0 Å². The normalized spacial score (nSPS) is 16.4. The number of carbonyl (C=O) groups excluding carboxylic acids is 1. The highest BCUT2D eigenvalue weighted by molar-refractivity contribution is 6.49. The van der Waals surface area contributed by atoms with Crippen LogP contribution in [0.1, 0.15) is 15.9 Å². The molecule has 0 saturated heterocycles. The Morgan fingerprint density at radius 1 is 1.31 bits per heavy atom. The van der Waals surface area contributed by atoms with Crippen LogP contribution in [0, 0.1) is 0 Å². The van der Waals surface area contributed by atoms with Gasteiger partial charge in [0.25, 0.3) is 0 Å². The molecule has 5 nitrogen and oxygen atoms in total. The van der Waals surface area contributed by atoms with Gasteiger partial charge in [0.2, 0.25) is 5.78 Å². The molecular weight excluding hydrogens is 210 g/mol. The summed E-state index contributed by atoms with van der Waals surface area (Å²) in [7, 11) is 3.04. The number of nitrogens with zero attached hydrogens (tertiary/aromatic N) is 1. The van der Waals surface area contributed by atoms with Gasteiger partial charge in [-0.15, -0.1) is 0 Å². The van der Waals surface area contributed by atoms with E-state index in [1.807, 2.05) is 0 Å². The number of methoxy groups -OCH3 is 2. The van der Waals surface area contributed by atoms with E-state index in [-0.39, 0.29) is 17.9 Å². The van der Waals surface area contributed by atoms with E-state index in [1.54, 1.807) is 12.1 Å². The van der Waals surface area contributed by atoms with Crippen LogP contribution in [0.3, 0.4) is 0 Å². The van der Waals surface area contributed by atoms with Gasteiger partial charge in [0.05, 0.1) is 14.2 Å². The molecule has 1 aliphatic carbocycles. The summed E-state index contributed by atoms with van der Waals surface area (Å²) >= 11 is 0. The molecule has 0 aliphatic heterocycles. The van der Waals surface area contributed by atoms with Gasteiger partial charge in [0.15, 0.2) is 11.5 Å². The van der Waals surface area contributed by atoms with Crippen LogP contribution in [0.5, 0.6) is 11.5 Å². The van der Waals surface area contributed by atoms with E-state index in [2.05, 4.69) is 5.16 Å². The highest BCUT2D eigenvalue weighted by Crippen LogP contribution is 2.37. The van der Waals surface area contributed by atoms with Crippen molar-refractivity contribution in [3.8, 4) is 11.5 Å². The molecular formula is C11H11NO4. The van der Waals surface area contributed by atoms with Crippen LogP contribution in [0.15, 0.2) is 17.3 Å². The first-order valence-corrected chi connectivity index (χ1v) is 4.72. The molecule has 0 heterocycles. The Balaban J connectivity index is 2.61. The van der Waals surface area contributed by atoms with Crippen molar-refractivity contribution in [2.45, 2.75) is 6.42 Å². The molecule has 0 fully saturated rings. The molecule has 1 N–H and O–H groups in total. The lowest BCUT2D eigenvalue weighted by Crippen LogP contribution is -2.06. The smallest absolute Gasteiger partial charge is 0.211 e. The first kappa shape index (κ1) is 10.5. The summed E-state index contributed by atoms with van der Waals surface area (Å²) in [4.78, 5) is 11.7. The van der Waals surface area contributed by atoms with E-state index in [0.29, 0.717) is 22.6 Å². The lowest BCUT2D eigenvalue weighted by molar-refractivity contribution is 0.106. The maximum Gasteiger partial charge on any atom is 0.211 e. The molecule has 0 amide bonds. The van der Waals surface area contributed by atoms with E-state index in [1.165, 1.54) is 14.2 Å². The topological polar surface area (TPSA) is 68.1 Å². The highest BCUT2D eigenvalue weighted by Gasteiger charge is 2.31. The third-order valence-corrected chi connectivity index (χ3v) is 2.62. The Labute approximate surface area is 92.3 Å². The van der Waals surface area contributed by atoms with Gasteiger partial charge in [0.1, 0.15) is 5.71 Å². The number of hydrogen-bond acceptors (Lipinski definition) is 5. The maximum absolute atomic E-state index is 11.7. The van der Waals surface area contributed by atoms with Crippen molar-refractivity contribution in [1.29, 1.82) is 0 Å². The van der Waals surface area contributed by atoms with Crippen LogP contribution in [0.2, 0.25) is 0 Å². The first-order chi connectivity index (χ1) is 7.72. The van der Waals surface area contributed by atoms with Crippen molar-refractivity contribution >= 4 is 11.5 Å². The fraction of sp³-hybridized carbons (Fsp3) is 0.273. The summed E-state index contributed by atoms with van der Waals surface area (Å²) in [6.07, 6.45) is 0.269. The molecule has 1 aliphatic rings. The molecule has 0 spiro atoms. The summed E-state index contributed by atoms with van der Waals surface area (Å²) in [5.41, 5.74) is 1.34. The standard InChI is InChI=1S/C11H11NO4/c1-15-9-4-3-6-7(11(9)16-2)5-8(12-14)10(6)13/h3-4,14H,5H2,1-2H3/b12-8+. The summed E-state index contributed by atoms with van der Waals surface area (Å²) < 4.78 is 10.3. The van der Waals surface area contributed by atoms with Gasteiger partial charge in [-0.2, -0.15) is 0 Å². The van der Waals surface area contributed by atoms with E-state index in [4.69, 9.17) is 14.7 Å². The molecule has 0 radical (unpaired) electrons. The minimum atomic E-state index is -0.265. The lowest BCUT2D eigenvalue weighted by atomic mass is 10.1. The van der Waals surface area contributed by atoms with Gasteiger partial charge in [-0.3, -0.25) is 4.79 Å². The van der Waals surface area contributed by atoms with E-state index >= 15 is 0 Å². The largest absolute Gasteiger partial charge is 0.493 e. The molecule has 2 rings (SSSR count). The van der Waals surface area contributed by atoms with E-state index in [0.717, 1.165) is 0 Å². The predicted octanol–water partition coefficient (Wildman–Crippen LogP) is 1.27. The van der Waals surface area contributed by atoms with Crippen LogP contribution in [-0.4, -0.2) is 30.9 Å². The number of rotatable bonds is 2. The fourth-order valence-electron chi connectivity index (χ4n) is 1.86. The van der Waals surface area contributed by atoms with Crippen LogP contribution in [-0.2, 0) is 6.42 Å². The lowest BCUT2D eigenvalue weighted by Gasteiger charge is -2.10. The van der Waals surface area contributed by atoms with Crippen molar-refractivity contribution in [2.75, 3.05) is 14.2 Å². The number of oxime groups is 1. The highest BCUT2D eigenvalue weighted by atomic mass is 16.5. The second-order valence-corrected chi connectivity index (χ2v) is 3.38. The second kappa shape index (κ2) is 3.84. The molecule has 0 aromatic heterocycles. The van der Waals surface area contributed by atoms with E-state index in [9.17, 15) is 4.79 Å². The average Bonchev–Trinajstić information content (AvgIpc) is 2.65. The van der Waals surface area contributed by atoms with Gasteiger partial charge < -0.3 is 14.7 Å². The SMILES string of the molecule is COc1ccc2c(c1OC)C/C(=N\O)C2=O. The number of hydrogen-bond donors (Lipinski definition) is 1. The number of benzene rings is 1. The Hall–Kier alpha value is -2.04. The van der Waals surface area contributed by atoms with Gasteiger partial charge in [-0.05, 0) is 12.1 Å². The zero-order valence-electron chi connectivity index (χ0n) is 8.98. The predicted molar refractivity (Wildman–Crippen MR) is 56.8 cm³/mol. The van der Waals surface area contributed by atoms with Crippen LogP contribution >= 0.6 is 0 Å². The molecule has 0 saturated carbocycles. The van der Waals surface area contributed by atoms with Crippen LogP contribution in [0.25, 0.3) is 0 Å². The van der Waals surface area contributed by atoms with Gasteiger partial charge in [-0.25, -0.2) is 0 Å². The zero-order chi connectivity index (χ0) is 11.7. The Kier molecular flexibility index (Phi) is 2.52. The molecule has 1 aromatic carbocycles. The molecule has 0 unspecified atom stereocenters. The summed E-state index contributed by atoms with van der Waals surface area (Å²) in [6.45, 7) is 0. The number of fused-ring (bicyclic) bond motifs is 1. The third kappa shape index (κ3) is 1.32. The molecule has 84 valence electrons. The first-order valence-electron chi connectivity index (χ1n) is 4.72. The number of ether oxygens (including phenoxy) is 2. The van der Waals surface area contributed by atoms with Gasteiger partial charge in [0, 0.05) is 17.5 Å². The quantitative estimate of drug-likeness (QED) is 0.603. The molecule has 0 bridgehead atoms. The second-order valence-electron chi connectivity index (χ2n) is 3.38. The third-order valence-electron chi connectivity index (χ3n) is 2.62. The van der Waals surface area contributed by atoms with Crippen molar-refractivity contribution in [1.82, 2.24) is 0 Å². The van der Waals surface area contributed by atoms with Gasteiger partial charge >= 0.3 is 0 Å². The Bertz CT molecular complexity index is 479. The summed E-state index contributed by atoms with van der Waals surface area (Å²) in [6, 6.07) is 3.31. The van der Waals surface area contributed by atoms with Crippen LogP contribution < -0.4 is 9.47 Å². The van der Waals surface area contributed by atoms with E-state index < -0.39 is 0 Å². The monoisotopic (exact) mass is 221 g/mol. The summed E-state index contributed by atoms with van der Waals surface area (Å²) in [5, 5.41) is 11.7. The molecule has 16 heavy (non-hydrogen) atoms. The number of ketones is 1. The number of Topliss-reactive ketones (excluding diaryl/α,β-unsaturated/α-hetero) is 1. The van der Waals surface area contributed by atoms with Gasteiger partial charge in [-0.1, -0.05) is 5.16 Å². The molecule has 5 heteroatoms. The fourth-order valence-corrected chi connectivity index (χ4v) is 1.86. The van der Waals surface area contributed by atoms with Crippen molar-refractivity contribution < 1.29 is 19.5 Å². The minimum absolute atomic E-state index is 0.126. The summed E-state index contributed by atoms with van der Waals surface area (Å²) in [5.74, 6) is 0.818. The molecule has 0 atom stereocenters. The average molecular weight is 221 g/mol. The maximum atomic E-state index is 11.7. The minimum Gasteiger partial charge on any atom is -0.493 e. The van der Waals surface area contributed by atoms with Crippen molar-refractivity contribution in [3.05, 3.63) is 23.3 Å². The Morgan fingerprint density at radius 2 is 2.06 bits per heavy atom. The van der Waals surface area contributed by atoms with Crippen LogP contribution in [0.4, 0.5) is 0 Å². The number of carbonyl (C=O) groups is 1.